The Labute approximate surface area is 125 Å². The zero-order chi connectivity index (χ0) is 14.2. The van der Waals surface area contributed by atoms with E-state index in [0.29, 0.717) is 14.9 Å². The van der Waals surface area contributed by atoms with Crippen LogP contribution in [-0.4, -0.2) is 11.6 Å². The Hall–Kier alpha value is -1.04. The van der Waals surface area contributed by atoms with Crippen molar-refractivity contribution in [2.45, 2.75) is 26.4 Å². The molecule has 0 amide bonds. The van der Waals surface area contributed by atoms with Gasteiger partial charge in [0, 0.05) is 9.75 Å². The van der Waals surface area contributed by atoms with Crippen molar-refractivity contribution in [1.82, 2.24) is 0 Å². The maximum atomic E-state index is 12.0. The van der Waals surface area contributed by atoms with Crippen LogP contribution in [0.5, 0.6) is 0 Å². The lowest BCUT2D eigenvalue weighted by molar-refractivity contribution is 0.00764. The number of ether oxygens (including phenoxy) is 1. The van der Waals surface area contributed by atoms with Crippen LogP contribution in [0, 0.1) is 0 Å². The number of rotatable bonds is 2. The molecule has 0 aromatic carbocycles. The lowest BCUT2D eigenvalue weighted by Gasteiger charge is -2.18. The number of thiophene rings is 2. The van der Waals surface area contributed by atoms with Crippen molar-refractivity contribution >= 4 is 45.9 Å². The van der Waals surface area contributed by atoms with Crippen molar-refractivity contribution in [1.29, 1.82) is 0 Å². The van der Waals surface area contributed by atoms with Crippen LogP contribution in [0.3, 0.4) is 0 Å². The summed E-state index contributed by atoms with van der Waals surface area (Å²) in [6, 6.07) is 5.52. The third-order valence-corrected chi connectivity index (χ3v) is 4.72. The summed E-state index contributed by atoms with van der Waals surface area (Å²) < 4.78 is 6.04. The van der Waals surface area contributed by atoms with Crippen LogP contribution in [0.4, 0.5) is 5.69 Å². The number of hydrogen-bond acceptors (Lipinski definition) is 5. The van der Waals surface area contributed by atoms with Crippen molar-refractivity contribution in [2.75, 3.05) is 5.73 Å². The topological polar surface area (TPSA) is 52.3 Å². The fourth-order valence-electron chi connectivity index (χ4n) is 1.46. The molecule has 2 rings (SSSR count). The van der Waals surface area contributed by atoms with E-state index in [-0.39, 0.29) is 5.97 Å². The predicted molar refractivity (Wildman–Crippen MR) is 82.2 cm³/mol. The molecule has 0 unspecified atom stereocenters. The van der Waals surface area contributed by atoms with Gasteiger partial charge in [-0.1, -0.05) is 11.6 Å². The maximum Gasteiger partial charge on any atom is 0.350 e. The van der Waals surface area contributed by atoms with Crippen molar-refractivity contribution in [2.24, 2.45) is 0 Å². The van der Waals surface area contributed by atoms with E-state index in [2.05, 4.69) is 0 Å². The number of esters is 1. The van der Waals surface area contributed by atoms with Gasteiger partial charge in [-0.2, -0.15) is 0 Å². The minimum atomic E-state index is -0.528. The highest BCUT2D eigenvalue weighted by Gasteiger charge is 2.22. The Morgan fingerprint density at radius 2 is 1.95 bits per heavy atom. The molecule has 0 saturated heterocycles. The van der Waals surface area contributed by atoms with Crippen LogP contribution in [0.15, 0.2) is 18.2 Å². The van der Waals surface area contributed by atoms with Gasteiger partial charge in [0.25, 0.3) is 0 Å². The molecule has 2 N–H and O–H groups in total. The Morgan fingerprint density at radius 1 is 1.26 bits per heavy atom. The van der Waals surface area contributed by atoms with E-state index in [1.807, 2.05) is 32.9 Å². The van der Waals surface area contributed by atoms with Crippen LogP contribution >= 0.6 is 34.3 Å². The highest BCUT2D eigenvalue weighted by molar-refractivity contribution is 7.25. The van der Waals surface area contributed by atoms with Crippen molar-refractivity contribution in [3.05, 3.63) is 27.4 Å². The lowest BCUT2D eigenvalue weighted by Crippen LogP contribution is -2.23. The third-order valence-electron chi connectivity index (χ3n) is 2.16. The molecule has 102 valence electrons. The van der Waals surface area contributed by atoms with E-state index in [1.54, 1.807) is 6.07 Å². The first-order chi connectivity index (χ1) is 8.76. The summed E-state index contributed by atoms with van der Waals surface area (Å²) in [6.07, 6.45) is 0. The average Bonchev–Trinajstić information content (AvgIpc) is 2.82. The van der Waals surface area contributed by atoms with Gasteiger partial charge >= 0.3 is 5.97 Å². The lowest BCUT2D eigenvalue weighted by atomic mass is 10.2. The molecule has 0 aliphatic heterocycles. The van der Waals surface area contributed by atoms with Crippen LogP contribution in [0.25, 0.3) is 9.75 Å². The standard InChI is InChI=1S/C13H14ClNO2S2/c1-13(2,3)17-12(16)11-7(15)6-9(19-11)8-4-5-10(14)18-8/h4-6H,15H2,1-3H3. The molecule has 2 aromatic heterocycles. The molecule has 6 heteroatoms. The number of anilines is 1. The Bertz CT molecular complexity index is 610. The number of nitrogens with two attached hydrogens (primary N) is 1. The Kier molecular flexibility index (Phi) is 3.90. The predicted octanol–water partition coefficient (Wildman–Crippen LogP) is 4.67. The zero-order valence-corrected chi connectivity index (χ0v) is 13.2. The molecule has 2 heterocycles. The largest absolute Gasteiger partial charge is 0.456 e. The first-order valence-corrected chi connectivity index (χ1v) is 7.66. The Morgan fingerprint density at radius 3 is 2.47 bits per heavy atom. The van der Waals surface area contributed by atoms with E-state index in [1.165, 1.54) is 22.7 Å². The highest BCUT2D eigenvalue weighted by Crippen LogP contribution is 2.38. The summed E-state index contributed by atoms with van der Waals surface area (Å²) in [4.78, 5) is 14.4. The molecular formula is C13H14ClNO2S2. The van der Waals surface area contributed by atoms with E-state index < -0.39 is 5.60 Å². The number of halogens is 1. The van der Waals surface area contributed by atoms with Gasteiger partial charge in [-0.05, 0) is 39.0 Å². The number of carbonyl (C=O) groups excluding carboxylic acids is 1. The minimum Gasteiger partial charge on any atom is -0.456 e. The molecule has 0 aliphatic rings. The quantitative estimate of drug-likeness (QED) is 0.819. The number of hydrogen-bond donors (Lipinski definition) is 1. The molecule has 0 fully saturated rings. The summed E-state index contributed by atoms with van der Waals surface area (Å²) in [5, 5.41) is 0. The minimum absolute atomic E-state index is 0.385. The highest BCUT2D eigenvalue weighted by atomic mass is 35.5. The van der Waals surface area contributed by atoms with Gasteiger partial charge in [0.1, 0.15) is 10.5 Å². The van der Waals surface area contributed by atoms with Gasteiger partial charge in [-0.15, -0.1) is 22.7 Å². The fraction of sp³-hybridized carbons (Fsp3) is 0.308. The van der Waals surface area contributed by atoms with Gasteiger partial charge in [-0.25, -0.2) is 4.79 Å². The smallest absolute Gasteiger partial charge is 0.350 e. The molecule has 0 spiro atoms. The SMILES string of the molecule is CC(C)(C)OC(=O)c1sc(-c2ccc(Cl)s2)cc1N. The third kappa shape index (κ3) is 3.49. The summed E-state index contributed by atoms with van der Waals surface area (Å²) in [6.45, 7) is 5.48. The molecule has 2 aromatic rings. The number of carbonyl (C=O) groups is 1. The second kappa shape index (κ2) is 5.15. The number of nitrogen functional groups attached to an aromatic ring is 1. The molecule has 3 nitrogen and oxygen atoms in total. The van der Waals surface area contributed by atoms with Crippen LogP contribution in [0.1, 0.15) is 30.4 Å². The first-order valence-electron chi connectivity index (χ1n) is 5.64. The van der Waals surface area contributed by atoms with Gasteiger partial charge in [-0.3, -0.25) is 0 Å². The fourth-order valence-corrected chi connectivity index (χ4v) is 3.54. The summed E-state index contributed by atoms with van der Waals surface area (Å²) in [5.41, 5.74) is 5.80. The average molecular weight is 316 g/mol. The summed E-state index contributed by atoms with van der Waals surface area (Å²) in [7, 11) is 0. The van der Waals surface area contributed by atoms with E-state index in [4.69, 9.17) is 22.1 Å². The maximum absolute atomic E-state index is 12.0. The van der Waals surface area contributed by atoms with Crippen molar-refractivity contribution in [3.8, 4) is 9.75 Å². The Balaban J connectivity index is 2.29. The van der Waals surface area contributed by atoms with Crippen molar-refractivity contribution in [3.63, 3.8) is 0 Å². The van der Waals surface area contributed by atoms with Crippen LogP contribution in [0.2, 0.25) is 4.34 Å². The second-order valence-corrected chi connectivity index (χ2v) is 7.77. The molecule has 19 heavy (non-hydrogen) atoms. The van der Waals surface area contributed by atoms with Gasteiger partial charge < -0.3 is 10.5 Å². The van der Waals surface area contributed by atoms with Crippen molar-refractivity contribution < 1.29 is 9.53 Å². The summed E-state index contributed by atoms with van der Waals surface area (Å²) >= 11 is 8.69. The molecule has 0 aliphatic carbocycles. The monoisotopic (exact) mass is 315 g/mol. The van der Waals surface area contributed by atoms with E-state index in [0.717, 1.165) is 9.75 Å². The second-order valence-electron chi connectivity index (χ2n) is 5.00. The van der Waals surface area contributed by atoms with E-state index in [9.17, 15) is 4.79 Å². The first kappa shape index (κ1) is 14.4. The van der Waals surface area contributed by atoms with E-state index >= 15 is 0 Å². The molecular weight excluding hydrogens is 302 g/mol. The molecule has 0 atom stereocenters. The zero-order valence-electron chi connectivity index (χ0n) is 10.8. The van der Waals surface area contributed by atoms with Crippen LogP contribution < -0.4 is 5.73 Å². The normalized spacial score (nSPS) is 11.6. The van der Waals surface area contributed by atoms with Crippen LogP contribution in [-0.2, 0) is 4.74 Å². The van der Waals surface area contributed by atoms with Gasteiger partial charge in [0.15, 0.2) is 0 Å². The summed E-state index contributed by atoms with van der Waals surface area (Å²) in [5.74, 6) is -0.385. The van der Waals surface area contributed by atoms with Gasteiger partial charge in [0.05, 0.1) is 10.0 Å². The molecule has 0 radical (unpaired) electrons. The molecule has 0 saturated carbocycles. The molecule has 0 bridgehead atoms. The van der Waals surface area contributed by atoms with Gasteiger partial charge in [0.2, 0.25) is 0 Å².